The minimum Gasteiger partial charge on any atom is -0.466 e. The Bertz CT molecular complexity index is 611. The lowest BCUT2D eigenvalue weighted by Crippen LogP contribution is -2.08. The monoisotopic (exact) mass is 301 g/mol. The molecule has 0 saturated heterocycles. The van der Waals surface area contributed by atoms with E-state index in [0.29, 0.717) is 19.4 Å². The summed E-state index contributed by atoms with van der Waals surface area (Å²) < 4.78 is 18.0. The lowest BCUT2D eigenvalue weighted by molar-refractivity contribution is -0.143. The highest BCUT2D eigenvalue weighted by Gasteiger charge is 2.04. The molecule has 4 heteroatoms. The summed E-state index contributed by atoms with van der Waals surface area (Å²) in [4.78, 5) is 16.0. The Morgan fingerprint density at radius 2 is 1.91 bits per heavy atom. The summed E-state index contributed by atoms with van der Waals surface area (Å²) in [6, 6.07) is 12.1. The first-order valence-corrected chi connectivity index (χ1v) is 7.46. The predicted molar refractivity (Wildman–Crippen MR) is 83.0 cm³/mol. The Morgan fingerprint density at radius 1 is 1.14 bits per heavy atom. The SMILES string of the molecule is Cc1cccc(CCCOC(=O)CCc2ccc(F)cc2)n1. The Morgan fingerprint density at radius 3 is 2.64 bits per heavy atom. The second kappa shape index (κ2) is 8.27. The van der Waals surface area contributed by atoms with Gasteiger partial charge in [-0.2, -0.15) is 0 Å². The number of hydrogen-bond acceptors (Lipinski definition) is 3. The molecule has 0 saturated carbocycles. The quantitative estimate of drug-likeness (QED) is 0.579. The van der Waals surface area contributed by atoms with Gasteiger partial charge in [-0.05, 0) is 56.0 Å². The number of aryl methyl sites for hydroxylation is 3. The van der Waals surface area contributed by atoms with E-state index in [-0.39, 0.29) is 11.8 Å². The van der Waals surface area contributed by atoms with E-state index in [2.05, 4.69) is 4.98 Å². The van der Waals surface area contributed by atoms with Crippen LogP contribution in [0.4, 0.5) is 4.39 Å². The van der Waals surface area contributed by atoms with Gasteiger partial charge in [0.1, 0.15) is 5.82 Å². The first kappa shape index (κ1) is 16.1. The van der Waals surface area contributed by atoms with E-state index in [1.165, 1.54) is 12.1 Å². The van der Waals surface area contributed by atoms with Gasteiger partial charge in [0.25, 0.3) is 0 Å². The third-order valence-electron chi connectivity index (χ3n) is 3.32. The molecular formula is C18H20FNO2. The van der Waals surface area contributed by atoms with Crippen molar-refractivity contribution in [3.63, 3.8) is 0 Å². The number of carbonyl (C=O) groups is 1. The Kier molecular flexibility index (Phi) is 6.07. The summed E-state index contributed by atoms with van der Waals surface area (Å²) in [7, 11) is 0. The largest absolute Gasteiger partial charge is 0.466 e. The summed E-state index contributed by atoms with van der Waals surface area (Å²) in [5, 5.41) is 0. The lowest BCUT2D eigenvalue weighted by Gasteiger charge is -2.05. The van der Waals surface area contributed by atoms with Gasteiger partial charge in [-0.25, -0.2) is 4.39 Å². The molecule has 2 aromatic rings. The molecule has 1 aromatic carbocycles. The fourth-order valence-corrected chi connectivity index (χ4v) is 2.15. The molecule has 116 valence electrons. The number of benzene rings is 1. The van der Waals surface area contributed by atoms with E-state index in [4.69, 9.17) is 4.74 Å². The summed E-state index contributed by atoms with van der Waals surface area (Å²) in [5.74, 6) is -0.488. The van der Waals surface area contributed by atoms with Crippen molar-refractivity contribution in [3.05, 3.63) is 65.2 Å². The van der Waals surface area contributed by atoms with E-state index in [1.807, 2.05) is 25.1 Å². The summed E-state index contributed by atoms with van der Waals surface area (Å²) in [6.45, 7) is 2.36. The van der Waals surface area contributed by atoms with Crippen LogP contribution in [0.1, 0.15) is 29.8 Å². The van der Waals surface area contributed by atoms with Crippen molar-refractivity contribution in [3.8, 4) is 0 Å². The molecule has 0 atom stereocenters. The highest BCUT2D eigenvalue weighted by molar-refractivity contribution is 5.69. The zero-order chi connectivity index (χ0) is 15.8. The van der Waals surface area contributed by atoms with Crippen LogP contribution in [-0.2, 0) is 22.4 Å². The van der Waals surface area contributed by atoms with Crippen molar-refractivity contribution in [2.24, 2.45) is 0 Å². The van der Waals surface area contributed by atoms with Gasteiger partial charge in [-0.3, -0.25) is 9.78 Å². The first-order valence-electron chi connectivity index (χ1n) is 7.46. The van der Waals surface area contributed by atoms with Crippen LogP contribution in [-0.4, -0.2) is 17.6 Å². The number of halogens is 1. The van der Waals surface area contributed by atoms with Crippen LogP contribution in [0.3, 0.4) is 0 Å². The van der Waals surface area contributed by atoms with E-state index in [9.17, 15) is 9.18 Å². The molecule has 0 spiro atoms. The van der Waals surface area contributed by atoms with Gasteiger partial charge in [-0.1, -0.05) is 18.2 Å². The molecule has 0 fully saturated rings. The molecule has 0 N–H and O–H groups in total. The molecule has 0 aliphatic rings. The second-order valence-corrected chi connectivity index (χ2v) is 5.22. The van der Waals surface area contributed by atoms with E-state index < -0.39 is 0 Å². The van der Waals surface area contributed by atoms with Gasteiger partial charge in [-0.15, -0.1) is 0 Å². The Balaban J connectivity index is 1.62. The normalized spacial score (nSPS) is 10.5. The second-order valence-electron chi connectivity index (χ2n) is 5.22. The van der Waals surface area contributed by atoms with Gasteiger partial charge in [0.2, 0.25) is 0 Å². The number of esters is 1. The highest BCUT2D eigenvalue weighted by atomic mass is 19.1. The smallest absolute Gasteiger partial charge is 0.306 e. The van der Waals surface area contributed by atoms with Crippen LogP contribution in [0.25, 0.3) is 0 Å². The number of aromatic nitrogens is 1. The van der Waals surface area contributed by atoms with E-state index in [1.54, 1.807) is 12.1 Å². The minimum atomic E-state index is -0.268. The molecule has 2 rings (SSSR count). The van der Waals surface area contributed by atoms with E-state index in [0.717, 1.165) is 29.8 Å². The number of rotatable bonds is 7. The average Bonchev–Trinajstić information content (AvgIpc) is 2.51. The molecule has 3 nitrogen and oxygen atoms in total. The van der Waals surface area contributed by atoms with Gasteiger partial charge in [0, 0.05) is 17.8 Å². The van der Waals surface area contributed by atoms with Crippen molar-refractivity contribution >= 4 is 5.97 Å². The van der Waals surface area contributed by atoms with Crippen molar-refractivity contribution < 1.29 is 13.9 Å². The molecule has 0 bridgehead atoms. The number of hydrogen-bond donors (Lipinski definition) is 0. The lowest BCUT2D eigenvalue weighted by atomic mass is 10.1. The number of carbonyl (C=O) groups excluding carboxylic acids is 1. The molecule has 0 aliphatic carbocycles. The maximum Gasteiger partial charge on any atom is 0.306 e. The van der Waals surface area contributed by atoms with Crippen LogP contribution in [0, 0.1) is 12.7 Å². The molecule has 0 aliphatic heterocycles. The number of nitrogens with zero attached hydrogens (tertiary/aromatic N) is 1. The fraction of sp³-hybridized carbons (Fsp3) is 0.333. The number of ether oxygens (including phenoxy) is 1. The minimum absolute atomic E-state index is 0.221. The van der Waals surface area contributed by atoms with Gasteiger partial charge < -0.3 is 4.74 Å². The zero-order valence-electron chi connectivity index (χ0n) is 12.7. The van der Waals surface area contributed by atoms with Crippen LogP contribution in [0.2, 0.25) is 0 Å². The standard InChI is InChI=1S/C18H20FNO2/c1-14-4-2-5-17(20-14)6-3-13-22-18(21)12-9-15-7-10-16(19)11-8-15/h2,4-5,7-8,10-11H,3,6,9,12-13H2,1H3. The van der Waals surface area contributed by atoms with E-state index >= 15 is 0 Å². The van der Waals surface area contributed by atoms with Crippen molar-refractivity contribution in [2.75, 3.05) is 6.61 Å². The van der Waals surface area contributed by atoms with Gasteiger partial charge >= 0.3 is 5.97 Å². The van der Waals surface area contributed by atoms with Gasteiger partial charge in [0.05, 0.1) is 6.61 Å². The molecule has 1 heterocycles. The average molecular weight is 301 g/mol. The molecule has 0 radical (unpaired) electrons. The predicted octanol–water partition coefficient (Wildman–Crippen LogP) is 3.64. The Hall–Kier alpha value is -2.23. The summed E-state index contributed by atoms with van der Waals surface area (Å²) in [5.41, 5.74) is 2.94. The molecule has 0 amide bonds. The third kappa shape index (κ3) is 5.64. The maximum absolute atomic E-state index is 12.8. The van der Waals surface area contributed by atoms with Crippen molar-refractivity contribution in [1.29, 1.82) is 0 Å². The first-order chi connectivity index (χ1) is 10.6. The van der Waals surface area contributed by atoms with Crippen molar-refractivity contribution in [1.82, 2.24) is 4.98 Å². The molecular weight excluding hydrogens is 281 g/mol. The maximum atomic E-state index is 12.8. The number of pyridine rings is 1. The fourth-order valence-electron chi connectivity index (χ4n) is 2.15. The van der Waals surface area contributed by atoms with Crippen LogP contribution >= 0.6 is 0 Å². The Labute approximate surface area is 130 Å². The van der Waals surface area contributed by atoms with Crippen LogP contribution in [0.15, 0.2) is 42.5 Å². The van der Waals surface area contributed by atoms with Crippen LogP contribution < -0.4 is 0 Å². The summed E-state index contributed by atoms with van der Waals surface area (Å²) >= 11 is 0. The zero-order valence-corrected chi connectivity index (χ0v) is 12.7. The molecule has 1 aromatic heterocycles. The highest BCUT2D eigenvalue weighted by Crippen LogP contribution is 2.07. The van der Waals surface area contributed by atoms with Crippen LogP contribution in [0.5, 0.6) is 0 Å². The molecule has 0 unspecified atom stereocenters. The summed E-state index contributed by atoms with van der Waals surface area (Å²) in [6.07, 6.45) is 2.44. The molecule has 22 heavy (non-hydrogen) atoms. The topological polar surface area (TPSA) is 39.2 Å². The van der Waals surface area contributed by atoms with Gasteiger partial charge in [0.15, 0.2) is 0 Å². The van der Waals surface area contributed by atoms with Crippen molar-refractivity contribution in [2.45, 2.75) is 32.6 Å². The third-order valence-corrected chi connectivity index (χ3v) is 3.32.